The predicted molar refractivity (Wildman–Crippen MR) is 68.7 cm³/mol. The molecule has 0 fully saturated rings. The van der Waals surface area contributed by atoms with E-state index in [-0.39, 0.29) is 0 Å². The number of hydrogen-bond acceptors (Lipinski definition) is 1. The van der Waals surface area contributed by atoms with Crippen LogP contribution in [-0.4, -0.2) is 4.32 Å². The Labute approximate surface area is 97.5 Å². The molecule has 1 aromatic carbocycles. The van der Waals surface area contributed by atoms with E-state index in [9.17, 15) is 0 Å². The highest BCUT2D eigenvalue weighted by atomic mass is 79.9. The van der Waals surface area contributed by atoms with Gasteiger partial charge in [-0.1, -0.05) is 35.1 Å². The SMILES string of the molecule is CCc1cc(Br)ccc1NC(=S)S. The van der Waals surface area contributed by atoms with Gasteiger partial charge in [0.2, 0.25) is 0 Å². The molecule has 1 N–H and O–H groups in total. The van der Waals surface area contributed by atoms with Crippen LogP contribution in [-0.2, 0) is 6.42 Å². The van der Waals surface area contributed by atoms with Crippen molar-refractivity contribution in [2.45, 2.75) is 13.3 Å². The van der Waals surface area contributed by atoms with E-state index in [4.69, 9.17) is 12.2 Å². The van der Waals surface area contributed by atoms with Crippen molar-refractivity contribution in [3.63, 3.8) is 0 Å². The van der Waals surface area contributed by atoms with E-state index in [1.807, 2.05) is 12.1 Å². The summed E-state index contributed by atoms with van der Waals surface area (Å²) in [4.78, 5) is 0. The van der Waals surface area contributed by atoms with Crippen LogP contribution in [0, 0.1) is 0 Å². The highest BCUT2D eigenvalue weighted by Gasteiger charge is 2.01. The summed E-state index contributed by atoms with van der Waals surface area (Å²) >= 11 is 12.3. The lowest BCUT2D eigenvalue weighted by Gasteiger charge is -2.09. The van der Waals surface area contributed by atoms with Crippen molar-refractivity contribution in [3.8, 4) is 0 Å². The number of aryl methyl sites for hydroxylation is 1. The van der Waals surface area contributed by atoms with Crippen LogP contribution in [0.25, 0.3) is 0 Å². The summed E-state index contributed by atoms with van der Waals surface area (Å²) in [5.41, 5.74) is 2.26. The molecule has 0 unspecified atom stereocenters. The maximum absolute atomic E-state index is 4.86. The van der Waals surface area contributed by atoms with Gasteiger partial charge in [-0.2, -0.15) is 0 Å². The van der Waals surface area contributed by atoms with Crippen LogP contribution in [0.5, 0.6) is 0 Å². The summed E-state index contributed by atoms with van der Waals surface area (Å²) in [5.74, 6) is 0. The van der Waals surface area contributed by atoms with Crippen molar-refractivity contribution in [3.05, 3.63) is 28.2 Å². The topological polar surface area (TPSA) is 12.0 Å². The van der Waals surface area contributed by atoms with Crippen molar-refractivity contribution in [2.75, 3.05) is 5.32 Å². The van der Waals surface area contributed by atoms with E-state index >= 15 is 0 Å². The zero-order chi connectivity index (χ0) is 9.84. The lowest BCUT2D eigenvalue weighted by Crippen LogP contribution is -2.03. The first kappa shape index (κ1) is 11.0. The van der Waals surface area contributed by atoms with Gasteiger partial charge in [-0.3, -0.25) is 0 Å². The molecule has 1 nitrogen and oxygen atoms in total. The summed E-state index contributed by atoms with van der Waals surface area (Å²) in [6, 6.07) is 6.05. The number of thiocarbonyl (C=S) groups is 1. The van der Waals surface area contributed by atoms with Crippen LogP contribution in [0.2, 0.25) is 0 Å². The molecule has 13 heavy (non-hydrogen) atoms. The van der Waals surface area contributed by atoms with Gasteiger partial charge in [0.25, 0.3) is 0 Å². The fourth-order valence-electron chi connectivity index (χ4n) is 1.09. The van der Waals surface area contributed by atoms with Gasteiger partial charge in [-0.15, -0.1) is 12.6 Å². The molecule has 1 rings (SSSR count). The molecule has 1 aromatic rings. The zero-order valence-corrected chi connectivity index (χ0v) is 10.5. The maximum atomic E-state index is 4.86. The Morgan fingerprint density at radius 1 is 1.62 bits per heavy atom. The standard InChI is InChI=1S/C9H10BrNS2/c1-2-6-5-7(10)3-4-8(6)11-9(12)13/h3-5H,2H2,1H3,(H2,11,12,13). The molecular formula is C9H10BrNS2. The number of hydrogen-bond donors (Lipinski definition) is 2. The Kier molecular flexibility index (Phi) is 4.22. The second-order valence-electron chi connectivity index (χ2n) is 2.59. The van der Waals surface area contributed by atoms with Gasteiger partial charge >= 0.3 is 0 Å². The number of nitrogens with one attached hydrogen (secondary N) is 1. The lowest BCUT2D eigenvalue weighted by molar-refractivity contribution is 1.14. The summed E-state index contributed by atoms with van der Waals surface area (Å²) in [6.07, 6.45) is 0.970. The van der Waals surface area contributed by atoms with E-state index in [0.717, 1.165) is 16.6 Å². The average molecular weight is 276 g/mol. The molecule has 0 saturated heterocycles. The number of anilines is 1. The van der Waals surface area contributed by atoms with E-state index in [1.54, 1.807) is 0 Å². The molecular weight excluding hydrogens is 266 g/mol. The largest absolute Gasteiger partial charge is 0.341 e. The first-order chi connectivity index (χ1) is 6.13. The molecule has 0 amide bonds. The molecule has 0 spiro atoms. The third kappa shape index (κ3) is 3.29. The fraction of sp³-hybridized carbons (Fsp3) is 0.222. The lowest BCUT2D eigenvalue weighted by atomic mass is 10.1. The molecule has 0 bridgehead atoms. The Balaban J connectivity index is 2.99. The smallest absolute Gasteiger partial charge is 0.135 e. The Hall–Kier alpha value is -0.0600. The molecule has 0 aliphatic carbocycles. The first-order valence-corrected chi connectivity index (χ1v) is 5.56. The summed E-state index contributed by atoms with van der Waals surface area (Å²) < 4.78 is 1.58. The quantitative estimate of drug-likeness (QED) is 0.632. The van der Waals surface area contributed by atoms with Crippen LogP contribution in [0.4, 0.5) is 5.69 Å². The summed E-state index contributed by atoms with van der Waals surface area (Å²) in [7, 11) is 0. The van der Waals surface area contributed by atoms with Crippen molar-refractivity contribution >= 4 is 50.8 Å². The number of thiol groups is 1. The van der Waals surface area contributed by atoms with Crippen LogP contribution in [0.15, 0.2) is 22.7 Å². The van der Waals surface area contributed by atoms with E-state index in [1.165, 1.54) is 5.56 Å². The highest BCUT2D eigenvalue weighted by Crippen LogP contribution is 2.21. The van der Waals surface area contributed by atoms with E-state index in [2.05, 4.69) is 46.9 Å². The molecule has 0 aliphatic rings. The predicted octanol–water partition coefficient (Wildman–Crippen LogP) is 3.64. The fourth-order valence-corrected chi connectivity index (χ4v) is 1.73. The molecule has 0 aromatic heterocycles. The van der Waals surface area contributed by atoms with Gasteiger partial charge in [0.1, 0.15) is 4.32 Å². The molecule has 4 heteroatoms. The molecule has 0 saturated carbocycles. The van der Waals surface area contributed by atoms with E-state index in [0.29, 0.717) is 4.32 Å². The molecule has 0 heterocycles. The molecule has 0 aliphatic heterocycles. The second-order valence-corrected chi connectivity index (χ2v) is 4.66. The van der Waals surface area contributed by atoms with Crippen molar-refractivity contribution < 1.29 is 0 Å². The van der Waals surface area contributed by atoms with Gasteiger partial charge in [0.05, 0.1) is 0 Å². The molecule has 0 atom stereocenters. The number of rotatable bonds is 2. The maximum Gasteiger partial charge on any atom is 0.135 e. The normalized spacial score (nSPS) is 9.77. The second kappa shape index (κ2) is 4.98. The van der Waals surface area contributed by atoms with Crippen molar-refractivity contribution in [1.29, 1.82) is 0 Å². The van der Waals surface area contributed by atoms with Crippen LogP contribution < -0.4 is 5.32 Å². The minimum Gasteiger partial charge on any atom is -0.341 e. The monoisotopic (exact) mass is 275 g/mol. The number of benzene rings is 1. The summed E-state index contributed by atoms with van der Waals surface area (Å²) in [6.45, 7) is 2.11. The third-order valence-electron chi connectivity index (χ3n) is 1.69. The van der Waals surface area contributed by atoms with Crippen LogP contribution in [0.3, 0.4) is 0 Å². The summed E-state index contributed by atoms with van der Waals surface area (Å²) in [5, 5.41) is 3.03. The van der Waals surface area contributed by atoms with Crippen molar-refractivity contribution in [1.82, 2.24) is 0 Å². The minimum absolute atomic E-state index is 0.497. The Bertz CT molecular complexity index is 325. The first-order valence-electron chi connectivity index (χ1n) is 3.92. The van der Waals surface area contributed by atoms with E-state index < -0.39 is 0 Å². The van der Waals surface area contributed by atoms with Gasteiger partial charge in [0.15, 0.2) is 0 Å². The van der Waals surface area contributed by atoms with Gasteiger partial charge in [0, 0.05) is 10.2 Å². The zero-order valence-electron chi connectivity index (χ0n) is 7.17. The van der Waals surface area contributed by atoms with Gasteiger partial charge in [-0.25, -0.2) is 0 Å². The third-order valence-corrected chi connectivity index (χ3v) is 2.40. The highest BCUT2D eigenvalue weighted by molar-refractivity contribution is 9.10. The average Bonchev–Trinajstić information content (AvgIpc) is 2.07. The molecule has 0 radical (unpaired) electrons. The minimum atomic E-state index is 0.497. The van der Waals surface area contributed by atoms with Gasteiger partial charge in [-0.05, 0) is 30.2 Å². The Morgan fingerprint density at radius 3 is 2.85 bits per heavy atom. The van der Waals surface area contributed by atoms with Gasteiger partial charge < -0.3 is 5.32 Å². The van der Waals surface area contributed by atoms with Crippen LogP contribution in [0.1, 0.15) is 12.5 Å². The van der Waals surface area contributed by atoms with Crippen molar-refractivity contribution in [2.24, 2.45) is 0 Å². The Morgan fingerprint density at radius 2 is 2.31 bits per heavy atom. The van der Waals surface area contributed by atoms with Crippen LogP contribution >= 0.6 is 40.8 Å². The molecule has 70 valence electrons. The number of halogens is 1.